The lowest BCUT2D eigenvalue weighted by molar-refractivity contribution is -0.137. The minimum Gasteiger partial charge on any atom is -0.273 e. The van der Waals surface area contributed by atoms with Crippen LogP contribution in [0.1, 0.15) is 17.2 Å². The van der Waals surface area contributed by atoms with E-state index in [-0.39, 0.29) is 5.69 Å². The Hall–Kier alpha value is -3.72. The van der Waals surface area contributed by atoms with Crippen LogP contribution in [0, 0.1) is 5.92 Å². The topological polar surface area (TPSA) is 62.7 Å². The highest BCUT2D eigenvalue weighted by atomic mass is 19.4. The second-order valence-corrected chi connectivity index (χ2v) is 7.50. The third-order valence-electron chi connectivity index (χ3n) is 5.61. The number of halogens is 3. The monoisotopic (exact) mass is 439 g/mol. The van der Waals surface area contributed by atoms with E-state index in [1.165, 1.54) is 17.2 Å². The molecule has 2 saturated heterocycles. The summed E-state index contributed by atoms with van der Waals surface area (Å²) >= 11 is 0. The summed E-state index contributed by atoms with van der Waals surface area (Å²) in [7, 11) is 0. The van der Waals surface area contributed by atoms with E-state index >= 15 is 0 Å². The highest BCUT2D eigenvalue weighted by Crippen LogP contribution is 2.47. The number of hydrogen-bond acceptors (Lipinski definition) is 5. The molecule has 5 rings (SSSR count). The van der Waals surface area contributed by atoms with Crippen LogP contribution >= 0.6 is 0 Å². The maximum atomic E-state index is 13.4. The van der Waals surface area contributed by atoms with Crippen LogP contribution in [0.3, 0.4) is 0 Å². The second-order valence-electron chi connectivity index (χ2n) is 7.50. The van der Waals surface area contributed by atoms with Gasteiger partial charge in [0.15, 0.2) is 6.10 Å². The molecule has 3 aromatic rings. The number of amides is 2. The third kappa shape index (κ3) is 3.21. The molecule has 6 nitrogen and oxygen atoms in total. The number of aromatic nitrogens is 1. The molecule has 1 aromatic heterocycles. The van der Waals surface area contributed by atoms with E-state index in [1.54, 1.807) is 48.8 Å². The number of benzene rings is 2. The van der Waals surface area contributed by atoms with Gasteiger partial charge in [0, 0.05) is 12.4 Å². The Bertz CT molecular complexity index is 1170. The number of hydroxylamine groups is 1. The Morgan fingerprint density at radius 3 is 2.22 bits per heavy atom. The molecule has 3 heterocycles. The predicted octanol–water partition coefficient (Wildman–Crippen LogP) is 4.15. The van der Waals surface area contributed by atoms with Crippen LogP contribution in [0.25, 0.3) is 0 Å². The highest BCUT2D eigenvalue weighted by Gasteiger charge is 2.60. The number of imide groups is 1. The minimum absolute atomic E-state index is 0.132. The van der Waals surface area contributed by atoms with Crippen molar-refractivity contribution in [2.24, 2.45) is 5.92 Å². The molecular weight excluding hydrogens is 423 g/mol. The van der Waals surface area contributed by atoms with Crippen LogP contribution in [-0.4, -0.2) is 22.9 Å². The van der Waals surface area contributed by atoms with Crippen LogP contribution in [0.15, 0.2) is 79.1 Å². The third-order valence-corrected chi connectivity index (χ3v) is 5.61. The quantitative estimate of drug-likeness (QED) is 0.574. The van der Waals surface area contributed by atoms with Gasteiger partial charge in [0.25, 0.3) is 5.91 Å². The van der Waals surface area contributed by atoms with Crippen molar-refractivity contribution in [3.05, 3.63) is 90.3 Å². The number of rotatable bonds is 3. The first-order valence-electron chi connectivity index (χ1n) is 9.82. The first-order chi connectivity index (χ1) is 15.4. The molecule has 2 amide bonds. The molecule has 2 aliphatic heterocycles. The fourth-order valence-corrected chi connectivity index (χ4v) is 4.19. The van der Waals surface area contributed by atoms with Crippen molar-refractivity contribution in [2.45, 2.75) is 18.3 Å². The molecule has 0 radical (unpaired) electrons. The van der Waals surface area contributed by atoms with E-state index in [0.29, 0.717) is 11.3 Å². The van der Waals surface area contributed by atoms with Gasteiger partial charge in [0.1, 0.15) is 5.92 Å². The fourth-order valence-electron chi connectivity index (χ4n) is 4.19. The van der Waals surface area contributed by atoms with Crippen LogP contribution in [0.4, 0.5) is 24.5 Å². The van der Waals surface area contributed by atoms with Crippen molar-refractivity contribution < 1.29 is 27.6 Å². The number of nitrogens with zero attached hydrogens (tertiary/aromatic N) is 3. The van der Waals surface area contributed by atoms with Crippen LogP contribution < -0.4 is 9.96 Å². The van der Waals surface area contributed by atoms with E-state index in [2.05, 4.69) is 4.98 Å². The minimum atomic E-state index is -4.60. The average molecular weight is 439 g/mol. The molecule has 9 heteroatoms. The van der Waals surface area contributed by atoms with Gasteiger partial charge in [-0.15, -0.1) is 0 Å². The zero-order valence-corrected chi connectivity index (χ0v) is 16.4. The summed E-state index contributed by atoms with van der Waals surface area (Å²) in [6.07, 6.45) is -2.62. The molecule has 0 bridgehead atoms. The van der Waals surface area contributed by atoms with Crippen LogP contribution in [0.2, 0.25) is 0 Å². The van der Waals surface area contributed by atoms with E-state index in [0.717, 1.165) is 17.0 Å². The van der Waals surface area contributed by atoms with Gasteiger partial charge in [0.05, 0.1) is 23.0 Å². The van der Waals surface area contributed by atoms with Crippen LogP contribution in [-0.2, 0) is 20.6 Å². The van der Waals surface area contributed by atoms with Crippen molar-refractivity contribution in [1.29, 1.82) is 0 Å². The summed E-state index contributed by atoms with van der Waals surface area (Å²) in [5, 5.41) is 1.52. The SMILES string of the molecule is O=C1[C@@H]2[C@@H](ON(c3ccccc3)[C@H]2c2ccncc2)C(=O)N1c1cccc(C(F)(F)F)c1. The smallest absolute Gasteiger partial charge is 0.273 e. The largest absolute Gasteiger partial charge is 0.416 e. The van der Waals surface area contributed by atoms with Crippen molar-refractivity contribution >= 4 is 23.2 Å². The van der Waals surface area contributed by atoms with Gasteiger partial charge in [-0.1, -0.05) is 24.3 Å². The number of pyridine rings is 1. The molecule has 2 fully saturated rings. The summed E-state index contributed by atoms with van der Waals surface area (Å²) in [5.41, 5.74) is 0.274. The average Bonchev–Trinajstić information content (AvgIpc) is 3.30. The van der Waals surface area contributed by atoms with Gasteiger partial charge in [-0.05, 0) is 48.0 Å². The lowest BCUT2D eigenvalue weighted by Crippen LogP contribution is -2.37. The predicted molar refractivity (Wildman–Crippen MR) is 108 cm³/mol. The maximum absolute atomic E-state index is 13.4. The van der Waals surface area contributed by atoms with E-state index in [1.807, 2.05) is 6.07 Å². The van der Waals surface area contributed by atoms with Crippen molar-refractivity contribution in [1.82, 2.24) is 4.98 Å². The lowest BCUT2D eigenvalue weighted by Gasteiger charge is -2.28. The first-order valence-corrected chi connectivity index (χ1v) is 9.82. The Balaban J connectivity index is 1.56. The number of alkyl halides is 3. The molecule has 2 aliphatic rings. The molecule has 0 spiro atoms. The Labute approximate surface area is 180 Å². The first kappa shape index (κ1) is 20.2. The number of hydrogen-bond donors (Lipinski definition) is 0. The van der Waals surface area contributed by atoms with Crippen molar-refractivity contribution in [3.8, 4) is 0 Å². The molecule has 0 saturated carbocycles. The number of fused-ring (bicyclic) bond motifs is 1. The number of carbonyl (C=O) groups is 2. The van der Waals surface area contributed by atoms with Crippen molar-refractivity contribution in [3.63, 3.8) is 0 Å². The number of anilines is 2. The number of para-hydroxylation sites is 1. The Kier molecular flexibility index (Phi) is 4.70. The molecule has 32 heavy (non-hydrogen) atoms. The van der Waals surface area contributed by atoms with E-state index in [9.17, 15) is 22.8 Å². The van der Waals surface area contributed by atoms with Gasteiger partial charge in [-0.25, -0.2) is 9.96 Å². The molecule has 3 atom stereocenters. The number of carbonyl (C=O) groups excluding carboxylic acids is 2. The molecule has 162 valence electrons. The Morgan fingerprint density at radius 1 is 0.844 bits per heavy atom. The van der Waals surface area contributed by atoms with Crippen molar-refractivity contribution in [2.75, 3.05) is 9.96 Å². The van der Waals surface area contributed by atoms with Crippen LogP contribution in [0.5, 0.6) is 0 Å². The summed E-state index contributed by atoms with van der Waals surface area (Å²) < 4.78 is 39.5. The highest BCUT2D eigenvalue weighted by molar-refractivity contribution is 6.24. The molecule has 0 unspecified atom stereocenters. The summed E-state index contributed by atoms with van der Waals surface area (Å²) in [5.74, 6) is -2.24. The van der Waals surface area contributed by atoms with Gasteiger partial charge in [-0.3, -0.25) is 19.4 Å². The van der Waals surface area contributed by atoms with Gasteiger partial charge in [-0.2, -0.15) is 13.2 Å². The standard InChI is InChI=1S/C23H16F3N3O3/c24-23(25,26)15-5-4-8-17(13-15)28-21(30)18-19(14-9-11-27-12-10-14)29(32-20(18)22(28)31)16-6-2-1-3-7-16/h1-13,18-20H/t18-,19-,20+/m0/s1. The summed E-state index contributed by atoms with van der Waals surface area (Å²) in [4.78, 5) is 37.3. The second kappa shape index (κ2) is 7.45. The van der Waals surface area contributed by atoms with Gasteiger partial charge < -0.3 is 0 Å². The summed E-state index contributed by atoms with van der Waals surface area (Å²) in [6, 6.07) is 16.0. The Morgan fingerprint density at radius 2 is 1.53 bits per heavy atom. The normalized spacial score (nSPS) is 23.0. The zero-order valence-electron chi connectivity index (χ0n) is 16.4. The molecular formula is C23H16F3N3O3. The lowest BCUT2D eigenvalue weighted by atomic mass is 9.91. The summed E-state index contributed by atoms with van der Waals surface area (Å²) in [6.45, 7) is 0. The van der Waals surface area contributed by atoms with Gasteiger partial charge >= 0.3 is 6.18 Å². The van der Waals surface area contributed by atoms with E-state index < -0.39 is 41.6 Å². The molecule has 2 aromatic carbocycles. The molecule has 0 N–H and O–H groups in total. The zero-order chi connectivity index (χ0) is 22.5. The van der Waals surface area contributed by atoms with E-state index in [4.69, 9.17) is 4.84 Å². The van der Waals surface area contributed by atoms with Gasteiger partial charge in [0.2, 0.25) is 5.91 Å². The maximum Gasteiger partial charge on any atom is 0.416 e. The fraction of sp³-hybridized carbons (Fsp3) is 0.174. The molecule has 0 aliphatic carbocycles.